The summed E-state index contributed by atoms with van der Waals surface area (Å²) < 4.78 is 5.85. The standard InChI is InChI=1S/C22H27N3O3/c1-16(2)11-12-21(26)25-14-6-9-19(25)22(27)24-18-8-3-4-10-20(18)28-17-7-5-13-23-15-17/h3-5,7-8,10,13,15-16,19H,6,9,11-12,14H2,1-2H3,(H,24,27). The summed E-state index contributed by atoms with van der Waals surface area (Å²) in [7, 11) is 0. The van der Waals surface area contributed by atoms with Crippen LogP contribution in [-0.4, -0.2) is 34.3 Å². The average molecular weight is 381 g/mol. The van der Waals surface area contributed by atoms with Crippen molar-refractivity contribution in [1.82, 2.24) is 9.88 Å². The minimum Gasteiger partial charge on any atom is -0.454 e. The van der Waals surface area contributed by atoms with E-state index in [-0.39, 0.29) is 11.8 Å². The lowest BCUT2D eigenvalue weighted by atomic mass is 10.1. The fourth-order valence-electron chi connectivity index (χ4n) is 3.30. The summed E-state index contributed by atoms with van der Waals surface area (Å²) in [5.74, 6) is 1.49. The number of aromatic nitrogens is 1. The topological polar surface area (TPSA) is 71.5 Å². The van der Waals surface area contributed by atoms with Gasteiger partial charge >= 0.3 is 0 Å². The summed E-state index contributed by atoms with van der Waals surface area (Å²) in [5.41, 5.74) is 0.581. The second-order valence-corrected chi connectivity index (χ2v) is 7.45. The summed E-state index contributed by atoms with van der Waals surface area (Å²) in [6.45, 7) is 4.84. The van der Waals surface area contributed by atoms with Crippen LogP contribution >= 0.6 is 0 Å². The van der Waals surface area contributed by atoms with Gasteiger partial charge in [-0.15, -0.1) is 0 Å². The van der Waals surface area contributed by atoms with Crippen molar-refractivity contribution in [2.75, 3.05) is 11.9 Å². The number of benzene rings is 1. The van der Waals surface area contributed by atoms with Crippen molar-refractivity contribution in [1.29, 1.82) is 0 Å². The van der Waals surface area contributed by atoms with Gasteiger partial charge in [0, 0.05) is 19.2 Å². The molecule has 1 unspecified atom stereocenters. The number of hydrogen-bond donors (Lipinski definition) is 1. The third kappa shape index (κ3) is 5.09. The number of pyridine rings is 1. The lowest BCUT2D eigenvalue weighted by Crippen LogP contribution is -2.43. The maximum Gasteiger partial charge on any atom is 0.247 e. The van der Waals surface area contributed by atoms with E-state index in [1.807, 2.05) is 12.1 Å². The molecule has 0 spiro atoms. The van der Waals surface area contributed by atoms with Crippen LogP contribution in [0.1, 0.15) is 39.5 Å². The second-order valence-electron chi connectivity index (χ2n) is 7.45. The highest BCUT2D eigenvalue weighted by Gasteiger charge is 2.34. The summed E-state index contributed by atoms with van der Waals surface area (Å²) >= 11 is 0. The zero-order valence-electron chi connectivity index (χ0n) is 16.4. The van der Waals surface area contributed by atoms with Crippen molar-refractivity contribution in [2.24, 2.45) is 5.92 Å². The molecular formula is C22H27N3O3. The van der Waals surface area contributed by atoms with Gasteiger partial charge in [-0.25, -0.2) is 0 Å². The maximum atomic E-state index is 12.9. The number of hydrogen-bond acceptors (Lipinski definition) is 4. The van der Waals surface area contributed by atoms with Crippen LogP contribution in [0.2, 0.25) is 0 Å². The molecule has 1 aliphatic heterocycles. The third-order valence-electron chi connectivity index (χ3n) is 4.82. The van der Waals surface area contributed by atoms with Crippen molar-refractivity contribution in [3.05, 3.63) is 48.8 Å². The fourth-order valence-corrected chi connectivity index (χ4v) is 3.30. The van der Waals surface area contributed by atoms with E-state index in [9.17, 15) is 9.59 Å². The molecule has 2 amide bonds. The number of ether oxygens (including phenoxy) is 1. The number of para-hydroxylation sites is 2. The van der Waals surface area contributed by atoms with Crippen LogP contribution in [0.5, 0.6) is 11.5 Å². The number of nitrogens with one attached hydrogen (secondary N) is 1. The minimum atomic E-state index is -0.425. The Hall–Kier alpha value is -2.89. The van der Waals surface area contributed by atoms with Gasteiger partial charge in [-0.1, -0.05) is 26.0 Å². The highest BCUT2D eigenvalue weighted by Crippen LogP contribution is 2.30. The number of amides is 2. The molecule has 1 N–H and O–H groups in total. The first-order valence-electron chi connectivity index (χ1n) is 9.82. The van der Waals surface area contributed by atoms with E-state index >= 15 is 0 Å². The van der Waals surface area contributed by atoms with E-state index in [0.717, 1.165) is 12.8 Å². The Morgan fingerprint density at radius 2 is 2.07 bits per heavy atom. The number of carbonyl (C=O) groups is 2. The summed E-state index contributed by atoms with van der Waals surface area (Å²) in [6, 6.07) is 10.4. The van der Waals surface area contributed by atoms with Gasteiger partial charge in [0.25, 0.3) is 0 Å². The molecule has 1 aliphatic rings. The Balaban J connectivity index is 1.68. The van der Waals surface area contributed by atoms with Crippen LogP contribution < -0.4 is 10.1 Å². The molecule has 1 aromatic carbocycles. The maximum absolute atomic E-state index is 12.9. The molecule has 148 valence electrons. The highest BCUT2D eigenvalue weighted by atomic mass is 16.5. The molecule has 28 heavy (non-hydrogen) atoms. The summed E-state index contributed by atoms with van der Waals surface area (Å²) in [5, 5.41) is 2.94. The van der Waals surface area contributed by atoms with Crippen molar-refractivity contribution in [3.63, 3.8) is 0 Å². The SMILES string of the molecule is CC(C)CCC(=O)N1CCCC1C(=O)Nc1ccccc1Oc1cccnc1. The third-order valence-corrected chi connectivity index (χ3v) is 4.82. The van der Waals surface area contributed by atoms with Crippen molar-refractivity contribution >= 4 is 17.5 Å². The van der Waals surface area contributed by atoms with E-state index in [1.165, 1.54) is 0 Å². The fraction of sp³-hybridized carbons (Fsp3) is 0.409. The molecule has 1 atom stereocenters. The first-order valence-corrected chi connectivity index (χ1v) is 9.82. The number of anilines is 1. The zero-order valence-corrected chi connectivity index (χ0v) is 16.4. The van der Waals surface area contributed by atoms with E-state index < -0.39 is 6.04 Å². The monoisotopic (exact) mass is 381 g/mol. The first-order chi connectivity index (χ1) is 13.5. The van der Waals surface area contributed by atoms with Gasteiger partial charge in [-0.3, -0.25) is 14.6 Å². The molecule has 0 radical (unpaired) electrons. The molecule has 1 aromatic heterocycles. The molecule has 2 aromatic rings. The summed E-state index contributed by atoms with van der Waals surface area (Å²) in [4.78, 5) is 31.2. The van der Waals surface area contributed by atoms with Gasteiger partial charge in [-0.05, 0) is 49.4 Å². The minimum absolute atomic E-state index is 0.0613. The Labute approximate surface area is 165 Å². The number of carbonyl (C=O) groups excluding carboxylic acids is 2. The van der Waals surface area contributed by atoms with Crippen LogP contribution in [-0.2, 0) is 9.59 Å². The van der Waals surface area contributed by atoms with E-state index in [4.69, 9.17) is 4.74 Å². The van der Waals surface area contributed by atoms with Crippen LogP contribution in [0.3, 0.4) is 0 Å². The van der Waals surface area contributed by atoms with Crippen molar-refractivity contribution in [3.8, 4) is 11.5 Å². The van der Waals surface area contributed by atoms with Crippen molar-refractivity contribution in [2.45, 2.75) is 45.6 Å². The Kier molecular flexibility index (Phi) is 6.63. The smallest absolute Gasteiger partial charge is 0.247 e. The van der Waals surface area contributed by atoms with Crippen LogP contribution in [0.4, 0.5) is 5.69 Å². The van der Waals surface area contributed by atoms with Gasteiger partial charge in [0.2, 0.25) is 11.8 Å². The number of rotatable bonds is 7. The Morgan fingerprint density at radius 1 is 1.25 bits per heavy atom. The largest absolute Gasteiger partial charge is 0.454 e. The highest BCUT2D eigenvalue weighted by molar-refractivity contribution is 5.98. The van der Waals surface area contributed by atoms with Crippen molar-refractivity contribution < 1.29 is 14.3 Å². The van der Waals surface area contributed by atoms with Gasteiger partial charge in [0.05, 0.1) is 11.9 Å². The lowest BCUT2D eigenvalue weighted by Gasteiger charge is -2.24. The van der Waals surface area contributed by atoms with Crippen LogP contribution in [0, 0.1) is 5.92 Å². The predicted octanol–water partition coefficient (Wildman–Crippen LogP) is 4.24. The molecule has 6 nitrogen and oxygen atoms in total. The molecule has 6 heteroatoms. The lowest BCUT2D eigenvalue weighted by molar-refractivity contribution is -0.136. The van der Waals surface area contributed by atoms with Crippen LogP contribution in [0.15, 0.2) is 48.8 Å². The van der Waals surface area contributed by atoms with Gasteiger partial charge in [0.1, 0.15) is 11.8 Å². The predicted molar refractivity (Wildman–Crippen MR) is 108 cm³/mol. The molecule has 0 aliphatic carbocycles. The van der Waals surface area contributed by atoms with E-state index in [2.05, 4.69) is 24.1 Å². The molecule has 1 saturated heterocycles. The molecular weight excluding hydrogens is 354 g/mol. The molecule has 2 heterocycles. The summed E-state index contributed by atoms with van der Waals surface area (Å²) in [6.07, 6.45) is 6.15. The molecule has 1 fully saturated rings. The van der Waals surface area contributed by atoms with Gasteiger partial charge in [-0.2, -0.15) is 0 Å². The number of nitrogens with zero attached hydrogens (tertiary/aromatic N) is 2. The Morgan fingerprint density at radius 3 is 2.82 bits per heavy atom. The average Bonchev–Trinajstić information content (AvgIpc) is 3.18. The first kappa shape index (κ1) is 19.9. The quantitative estimate of drug-likeness (QED) is 0.779. The van der Waals surface area contributed by atoms with Gasteiger partial charge < -0.3 is 15.0 Å². The number of likely N-dealkylation sites (tertiary alicyclic amines) is 1. The van der Waals surface area contributed by atoms with E-state index in [0.29, 0.717) is 42.5 Å². The van der Waals surface area contributed by atoms with Gasteiger partial charge in [0.15, 0.2) is 5.75 Å². The molecule has 0 saturated carbocycles. The second kappa shape index (κ2) is 9.35. The molecule has 0 bridgehead atoms. The molecule has 3 rings (SSSR count). The van der Waals surface area contributed by atoms with Crippen LogP contribution in [0.25, 0.3) is 0 Å². The Bertz CT molecular complexity index is 808. The zero-order chi connectivity index (χ0) is 19.9. The normalized spacial score (nSPS) is 16.2. The van der Waals surface area contributed by atoms with E-state index in [1.54, 1.807) is 41.6 Å².